The minimum absolute atomic E-state index is 0.0391. The number of benzene rings is 1. The zero-order valence-electron chi connectivity index (χ0n) is 16.5. The first-order valence-corrected chi connectivity index (χ1v) is 9.02. The van der Waals surface area contributed by atoms with Crippen molar-refractivity contribution in [3.63, 3.8) is 0 Å². The van der Waals surface area contributed by atoms with Gasteiger partial charge in [-0.05, 0) is 12.5 Å². The second-order valence-electron chi connectivity index (χ2n) is 6.41. The molecule has 1 aromatic carbocycles. The molecular formula is C19H28N4O5. The summed E-state index contributed by atoms with van der Waals surface area (Å²) in [5, 5.41) is 14.4. The first kappa shape index (κ1) is 22.9. The summed E-state index contributed by atoms with van der Waals surface area (Å²) in [6, 6.07) is 8.13. The maximum Gasteiger partial charge on any atom is 0.326 e. The first-order chi connectivity index (χ1) is 13.2. The van der Waals surface area contributed by atoms with Crippen molar-refractivity contribution in [3.8, 4) is 0 Å². The molecule has 0 saturated heterocycles. The fraction of sp³-hybridized carbons (Fsp3) is 0.474. The molecule has 4 amide bonds. The molecule has 9 nitrogen and oxygen atoms in total. The maximum absolute atomic E-state index is 12.4. The summed E-state index contributed by atoms with van der Waals surface area (Å²) in [5.74, 6) is -1.81. The molecule has 3 N–H and O–H groups in total. The number of carboxylic acids is 1. The van der Waals surface area contributed by atoms with Crippen molar-refractivity contribution in [2.75, 3.05) is 26.7 Å². The molecule has 154 valence electrons. The Morgan fingerprint density at radius 1 is 1.07 bits per heavy atom. The Hall–Kier alpha value is -3.10. The number of carbonyl (C=O) groups is 4. The van der Waals surface area contributed by atoms with E-state index in [0.29, 0.717) is 6.54 Å². The third-order valence-electron chi connectivity index (χ3n) is 4.10. The highest BCUT2D eigenvalue weighted by atomic mass is 16.4. The van der Waals surface area contributed by atoms with Gasteiger partial charge in [-0.2, -0.15) is 0 Å². The van der Waals surface area contributed by atoms with Gasteiger partial charge < -0.3 is 25.5 Å². The Balaban J connectivity index is 2.50. The molecule has 0 heterocycles. The third-order valence-corrected chi connectivity index (χ3v) is 4.10. The molecule has 0 fully saturated rings. The van der Waals surface area contributed by atoms with Gasteiger partial charge in [0.15, 0.2) is 0 Å². The summed E-state index contributed by atoms with van der Waals surface area (Å²) in [6.45, 7) is 3.49. The van der Waals surface area contributed by atoms with Crippen LogP contribution in [0.4, 0.5) is 4.79 Å². The Kier molecular flexibility index (Phi) is 9.49. The summed E-state index contributed by atoms with van der Waals surface area (Å²) < 4.78 is 0. The fourth-order valence-electron chi connectivity index (χ4n) is 2.50. The number of hydrogen-bond donors (Lipinski definition) is 3. The van der Waals surface area contributed by atoms with Gasteiger partial charge in [0.05, 0.1) is 0 Å². The van der Waals surface area contributed by atoms with Crippen LogP contribution in [0.15, 0.2) is 30.3 Å². The van der Waals surface area contributed by atoms with Gasteiger partial charge >= 0.3 is 12.0 Å². The lowest BCUT2D eigenvalue weighted by Gasteiger charge is -2.27. The molecule has 0 aromatic heterocycles. The smallest absolute Gasteiger partial charge is 0.326 e. The van der Waals surface area contributed by atoms with Gasteiger partial charge in [0.25, 0.3) is 0 Å². The number of urea groups is 1. The summed E-state index contributed by atoms with van der Waals surface area (Å²) in [4.78, 5) is 49.4. The number of rotatable bonds is 10. The van der Waals surface area contributed by atoms with Crippen LogP contribution in [-0.2, 0) is 20.9 Å². The minimum Gasteiger partial charge on any atom is -0.480 e. The van der Waals surface area contributed by atoms with Gasteiger partial charge in [0.2, 0.25) is 11.8 Å². The fourth-order valence-corrected chi connectivity index (χ4v) is 2.50. The Morgan fingerprint density at radius 3 is 2.29 bits per heavy atom. The van der Waals surface area contributed by atoms with Crippen LogP contribution in [0.1, 0.15) is 25.8 Å². The number of amides is 4. The lowest BCUT2D eigenvalue weighted by Crippen LogP contribution is -2.47. The van der Waals surface area contributed by atoms with Crippen LogP contribution in [0.25, 0.3) is 0 Å². The Bertz CT molecular complexity index is 680. The first-order valence-electron chi connectivity index (χ1n) is 9.02. The number of nitrogens with zero attached hydrogens (tertiary/aromatic N) is 2. The molecule has 28 heavy (non-hydrogen) atoms. The van der Waals surface area contributed by atoms with E-state index in [9.17, 15) is 24.3 Å². The number of nitrogens with one attached hydrogen (secondary N) is 2. The molecule has 9 heteroatoms. The van der Waals surface area contributed by atoms with Crippen molar-refractivity contribution in [3.05, 3.63) is 35.9 Å². The van der Waals surface area contributed by atoms with E-state index >= 15 is 0 Å². The van der Waals surface area contributed by atoms with E-state index in [-0.39, 0.29) is 38.0 Å². The Morgan fingerprint density at radius 2 is 1.71 bits per heavy atom. The molecule has 0 radical (unpaired) electrons. The van der Waals surface area contributed by atoms with Crippen LogP contribution in [0.2, 0.25) is 0 Å². The molecule has 1 aromatic rings. The van der Waals surface area contributed by atoms with E-state index < -0.39 is 17.9 Å². The van der Waals surface area contributed by atoms with E-state index in [1.54, 1.807) is 7.05 Å². The summed E-state index contributed by atoms with van der Waals surface area (Å²) in [5.41, 5.74) is 0.982. The lowest BCUT2D eigenvalue weighted by atomic mass is 10.2. The van der Waals surface area contributed by atoms with Crippen molar-refractivity contribution in [2.45, 2.75) is 32.9 Å². The monoisotopic (exact) mass is 392 g/mol. The van der Waals surface area contributed by atoms with Crippen molar-refractivity contribution >= 4 is 23.8 Å². The molecule has 0 aliphatic rings. The normalized spacial score (nSPS) is 11.2. The SMILES string of the molecule is CC(=O)NCCN(C(=O)CCNC(=O)N(C)Cc1ccccc1)C(C)C(=O)O. The van der Waals surface area contributed by atoms with Crippen molar-refractivity contribution in [1.82, 2.24) is 20.4 Å². The standard InChI is InChI=1S/C19H28N4O5/c1-14(18(26)27)23(12-11-20-15(2)24)17(25)9-10-21-19(28)22(3)13-16-7-5-4-6-8-16/h4-8,14H,9-13H2,1-3H3,(H,20,24)(H,21,28)(H,26,27). The molecular weight excluding hydrogens is 364 g/mol. The van der Waals surface area contributed by atoms with Gasteiger partial charge in [-0.3, -0.25) is 9.59 Å². The lowest BCUT2D eigenvalue weighted by molar-refractivity contribution is -0.149. The van der Waals surface area contributed by atoms with Gasteiger partial charge in [-0.15, -0.1) is 0 Å². The van der Waals surface area contributed by atoms with Crippen molar-refractivity contribution in [2.24, 2.45) is 0 Å². The van der Waals surface area contributed by atoms with E-state index in [0.717, 1.165) is 5.56 Å². The number of hydrogen-bond acceptors (Lipinski definition) is 4. The van der Waals surface area contributed by atoms with E-state index in [2.05, 4.69) is 10.6 Å². The highest BCUT2D eigenvalue weighted by Crippen LogP contribution is 2.04. The van der Waals surface area contributed by atoms with Crippen LogP contribution in [-0.4, -0.2) is 71.4 Å². The van der Waals surface area contributed by atoms with E-state index in [1.165, 1.54) is 23.6 Å². The molecule has 1 unspecified atom stereocenters. The highest BCUT2D eigenvalue weighted by Gasteiger charge is 2.25. The van der Waals surface area contributed by atoms with E-state index in [1.807, 2.05) is 30.3 Å². The van der Waals surface area contributed by atoms with Gasteiger partial charge in [0, 0.05) is 46.6 Å². The van der Waals surface area contributed by atoms with Crippen LogP contribution in [0.5, 0.6) is 0 Å². The summed E-state index contributed by atoms with van der Waals surface area (Å²) >= 11 is 0. The predicted octanol–water partition coefficient (Wildman–Crippen LogP) is 0.656. The zero-order chi connectivity index (χ0) is 21.1. The molecule has 0 aliphatic carbocycles. The van der Waals surface area contributed by atoms with Crippen LogP contribution in [0.3, 0.4) is 0 Å². The molecule has 0 spiro atoms. The number of aliphatic carboxylic acids is 1. The molecule has 0 aliphatic heterocycles. The number of carbonyl (C=O) groups excluding carboxylic acids is 3. The maximum atomic E-state index is 12.4. The second-order valence-corrected chi connectivity index (χ2v) is 6.41. The minimum atomic E-state index is -1.14. The predicted molar refractivity (Wildman–Crippen MR) is 103 cm³/mol. The average molecular weight is 392 g/mol. The van der Waals surface area contributed by atoms with Gasteiger partial charge in [-0.1, -0.05) is 30.3 Å². The summed E-state index contributed by atoms with van der Waals surface area (Å²) in [7, 11) is 1.65. The topological polar surface area (TPSA) is 119 Å². The quantitative estimate of drug-likeness (QED) is 0.540. The van der Waals surface area contributed by atoms with Crippen LogP contribution >= 0.6 is 0 Å². The van der Waals surface area contributed by atoms with Crippen molar-refractivity contribution < 1.29 is 24.3 Å². The van der Waals surface area contributed by atoms with Crippen LogP contribution < -0.4 is 10.6 Å². The third kappa shape index (κ3) is 8.07. The molecule has 0 saturated carbocycles. The Labute approximate surface area is 164 Å². The van der Waals surface area contributed by atoms with Gasteiger partial charge in [0.1, 0.15) is 6.04 Å². The van der Waals surface area contributed by atoms with E-state index in [4.69, 9.17) is 0 Å². The highest BCUT2D eigenvalue weighted by molar-refractivity contribution is 5.84. The van der Waals surface area contributed by atoms with Crippen molar-refractivity contribution in [1.29, 1.82) is 0 Å². The molecule has 0 bridgehead atoms. The summed E-state index contributed by atoms with van der Waals surface area (Å²) in [6.07, 6.45) is -0.0391. The molecule has 1 rings (SSSR count). The second kappa shape index (κ2) is 11.6. The number of carboxylic acid groups (broad SMARTS) is 1. The largest absolute Gasteiger partial charge is 0.480 e. The van der Waals surface area contributed by atoms with Crippen LogP contribution in [0, 0.1) is 0 Å². The van der Waals surface area contributed by atoms with Gasteiger partial charge in [-0.25, -0.2) is 9.59 Å². The zero-order valence-corrected chi connectivity index (χ0v) is 16.5. The molecule has 1 atom stereocenters. The average Bonchev–Trinajstić information content (AvgIpc) is 2.64.